The van der Waals surface area contributed by atoms with Gasteiger partial charge in [0, 0.05) is 51.1 Å². The first-order valence-electron chi connectivity index (χ1n) is 9.38. The van der Waals surface area contributed by atoms with E-state index in [9.17, 15) is 4.79 Å². The number of hydrogen-bond donors (Lipinski definition) is 1. The van der Waals surface area contributed by atoms with Gasteiger partial charge in [0.1, 0.15) is 0 Å². The molecule has 1 amide bonds. The van der Waals surface area contributed by atoms with Crippen LogP contribution in [-0.4, -0.2) is 42.0 Å². The number of rotatable bonds is 6. The molecule has 1 aromatic heterocycles. The van der Waals surface area contributed by atoms with Crippen molar-refractivity contribution in [3.05, 3.63) is 46.5 Å². The van der Waals surface area contributed by atoms with E-state index in [1.807, 2.05) is 6.92 Å². The van der Waals surface area contributed by atoms with E-state index in [4.69, 9.17) is 4.98 Å². The molecular formula is C20H28N4OS. The largest absolute Gasteiger partial charge is 0.314 e. The highest BCUT2D eigenvalue weighted by Crippen LogP contribution is 2.27. The number of aromatic nitrogens is 1. The number of aryl methyl sites for hydroxylation is 1. The Morgan fingerprint density at radius 3 is 2.77 bits per heavy atom. The zero-order valence-electron chi connectivity index (χ0n) is 15.9. The van der Waals surface area contributed by atoms with Crippen LogP contribution >= 0.6 is 11.3 Å². The smallest absolute Gasteiger partial charge is 0.225 e. The third-order valence-electron chi connectivity index (χ3n) is 4.96. The van der Waals surface area contributed by atoms with Crippen molar-refractivity contribution in [1.82, 2.24) is 15.2 Å². The molecule has 1 atom stereocenters. The Labute approximate surface area is 160 Å². The standard InChI is InChI=1S/C20H28N4OS/c1-4-16-6-8-17(9-7-16)19-12-21-10-11-23(19)13-18-14-26-20(22-18)24(5-2)15(3)25/h6-9,14,19,21H,4-5,10-13H2,1-3H3. The van der Waals surface area contributed by atoms with Crippen LogP contribution in [0.3, 0.4) is 0 Å². The van der Waals surface area contributed by atoms with Gasteiger partial charge in [-0.2, -0.15) is 0 Å². The fourth-order valence-electron chi connectivity index (χ4n) is 3.43. The predicted octanol–water partition coefficient (Wildman–Crippen LogP) is 3.22. The van der Waals surface area contributed by atoms with E-state index in [0.717, 1.165) is 43.4 Å². The Morgan fingerprint density at radius 1 is 1.35 bits per heavy atom. The Kier molecular flexibility index (Phi) is 6.40. The fraction of sp³-hybridized carbons (Fsp3) is 0.500. The number of amides is 1. The first kappa shape index (κ1) is 19.0. The topological polar surface area (TPSA) is 48.5 Å². The third kappa shape index (κ3) is 4.31. The number of carbonyl (C=O) groups excluding carboxylic acids is 1. The summed E-state index contributed by atoms with van der Waals surface area (Å²) in [5.41, 5.74) is 3.77. The first-order valence-corrected chi connectivity index (χ1v) is 10.3. The van der Waals surface area contributed by atoms with E-state index in [1.165, 1.54) is 11.1 Å². The minimum atomic E-state index is 0.0458. The van der Waals surface area contributed by atoms with Crippen molar-refractivity contribution in [1.29, 1.82) is 0 Å². The second-order valence-corrected chi connectivity index (χ2v) is 7.51. The van der Waals surface area contributed by atoms with Crippen LogP contribution in [0.5, 0.6) is 0 Å². The molecule has 0 spiro atoms. The molecule has 1 aromatic carbocycles. The van der Waals surface area contributed by atoms with Crippen LogP contribution in [-0.2, 0) is 17.8 Å². The van der Waals surface area contributed by atoms with Gasteiger partial charge in [-0.05, 0) is 24.5 Å². The van der Waals surface area contributed by atoms with Gasteiger partial charge >= 0.3 is 0 Å². The van der Waals surface area contributed by atoms with Crippen LogP contribution in [0.2, 0.25) is 0 Å². The van der Waals surface area contributed by atoms with Crippen molar-refractivity contribution in [2.24, 2.45) is 0 Å². The summed E-state index contributed by atoms with van der Waals surface area (Å²) in [6, 6.07) is 9.33. The van der Waals surface area contributed by atoms with Crippen molar-refractivity contribution in [3.63, 3.8) is 0 Å². The number of nitrogens with one attached hydrogen (secondary N) is 1. The minimum Gasteiger partial charge on any atom is -0.314 e. The molecule has 2 aromatic rings. The molecule has 0 bridgehead atoms. The molecule has 140 valence electrons. The number of hydrogen-bond acceptors (Lipinski definition) is 5. The van der Waals surface area contributed by atoms with Gasteiger partial charge in [-0.15, -0.1) is 11.3 Å². The zero-order valence-corrected chi connectivity index (χ0v) is 16.7. The van der Waals surface area contributed by atoms with Crippen molar-refractivity contribution in [2.75, 3.05) is 31.1 Å². The fourth-order valence-corrected chi connectivity index (χ4v) is 4.36. The highest BCUT2D eigenvalue weighted by Gasteiger charge is 2.25. The highest BCUT2D eigenvalue weighted by molar-refractivity contribution is 7.14. The van der Waals surface area contributed by atoms with Gasteiger partial charge in [-0.3, -0.25) is 14.6 Å². The normalized spacial score (nSPS) is 18.0. The predicted molar refractivity (Wildman–Crippen MR) is 108 cm³/mol. The Hall–Kier alpha value is -1.76. The van der Waals surface area contributed by atoms with Crippen LogP contribution in [0.1, 0.15) is 43.6 Å². The molecule has 2 heterocycles. The maximum atomic E-state index is 11.7. The second-order valence-electron chi connectivity index (χ2n) is 6.67. The Morgan fingerprint density at radius 2 is 2.12 bits per heavy atom. The summed E-state index contributed by atoms with van der Waals surface area (Å²) < 4.78 is 0. The lowest BCUT2D eigenvalue weighted by Crippen LogP contribution is -2.45. The minimum absolute atomic E-state index is 0.0458. The summed E-state index contributed by atoms with van der Waals surface area (Å²) in [4.78, 5) is 20.7. The molecule has 5 nitrogen and oxygen atoms in total. The third-order valence-corrected chi connectivity index (χ3v) is 5.87. The van der Waals surface area contributed by atoms with Crippen LogP contribution < -0.4 is 10.2 Å². The molecule has 26 heavy (non-hydrogen) atoms. The number of piperazine rings is 1. The maximum Gasteiger partial charge on any atom is 0.225 e. The van der Waals surface area contributed by atoms with Gasteiger partial charge in [-0.25, -0.2) is 4.98 Å². The van der Waals surface area contributed by atoms with Crippen molar-refractivity contribution in [3.8, 4) is 0 Å². The maximum absolute atomic E-state index is 11.7. The average Bonchev–Trinajstić information content (AvgIpc) is 3.10. The lowest BCUT2D eigenvalue weighted by molar-refractivity contribution is -0.116. The number of nitrogens with zero attached hydrogens (tertiary/aromatic N) is 3. The molecule has 0 saturated carbocycles. The molecule has 1 fully saturated rings. The molecule has 0 radical (unpaired) electrons. The first-order chi connectivity index (χ1) is 12.6. The van der Waals surface area contributed by atoms with Gasteiger partial charge in [0.15, 0.2) is 5.13 Å². The van der Waals surface area contributed by atoms with E-state index in [2.05, 4.69) is 46.8 Å². The average molecular weight is 373 g/mol. The van der Waals surface area contributed by atoms with Crippen molar-refractivity contribution >= 4 is 22.4 Å². The number of carbonyl (C=O) groups is 1. The van der Waals surface area contributed by atoms with E-state index < -0.39 is 0 Å². The summed E-state index contributed by atoms with van der Waals surface area (Å²) in [7, 11) is 0. The summed E-state index contributed by atoms with van der Waals surface area (Å²) in [5, 5.41) is 6.40. The summed E-state index contributed by atoms with van der Waals surface area (Å²) in [6.07, 6.45) is 1.07. The number of benzene rings is 1. The van der Waals surface area contributed by atoms with Crippen LogP contribution in [0.15, 0.2) is 29.6 Å². The molecule has 1 N–H and O–H groups in total. The summed E-state index contributed by atoms with van der Waals surface area (Å²) in [5.74, 6) is 0.0458. The van der Waals surface area contributed by atoms with Crippen molar-refractivity contribution in [2.45, 2.75) is 39.8 Å². The summed E-state index contributed by atoms with van der Waals surface area (Å²) in [6.45, 7) is 10.2. The molecule has 1 aliphatic heterocycles. The van der Waals surface area contributed by atoms with Crippen molar-refractivity contribution < 1.29 is 4.79 Å². The molecule has 1 unspecified atom stereocenters. The lowest BCUT2D eigenvalue weighted by Gasteiger charge is -2.36. The molecule has 6 heteroatoms. The molecule has 0 aliphatic carbocycles. The second kappa shape index (κ2) is 8.75. The van der Waals surface area contributed by atoms with E-state index >= 15 is 0 Å². The SMILES string of the molecule is CCc1ccc(C2CNCCN2Cc2csc(N(CC)C(C)=O)n2)cc1. The molecule has 1 aliphatic rings. The van der Waals surface area contributed by atoms with E-state index in [1.54, 1.807) is 23.2 Å². The molecule has 1 saturated heterocycles. The Balaban J connectivity index is 1.74. The van der Waals surface area contributed by atoms with Crippen LogP contribution in [0.4, 0.5) is 5.13 Å². The Bertz CT molecular complexity index is 728. The molecule has 3 rings (SSSR count). The van der Waals surface area contributed by atoms with Gasteiger partial charge in [0.25, 0.3) is 0 Å². The quantitative estimate of drug-likeness (QED) is 0.846. The van der Waals surface area contributed by atoms with E-state index in [-0.39, 0.29) is 5.91 Å². The number of anilines is 1. The van der Waals surface area contributed by atoms with Crippen LogP contribution in [0.25, 0.3) is 0 Å². The molecular weight excluding hydrogens is 344 g/mol. The number of thiazole rings is 1. The van der Waals surface area contributed by atoms with Gasteiger partial charge in [-0.1, -0.05) is 31.2 Å². The highest BCUT2D eigenvalue weighted by atomic mass is 32.1. The van der Waals surface area contributed by atoms with Crippen LogP contribution in [0, 0.1) is 0 Å². The lowest BCUT2D eigenvalue weighted by atomic mass is 10.0. The van der Waals surface area contributed by atoms with Gasteiger partial charge in [0.05, 0.1) is 5.69 Å². The van der Waals surface area contributed by atoms with E-state index in [0.29, 0.717) is 12.6 Å². The summed E-state index contributed by atoms with van der Waals surface area (Å²) >= 11 is 1.55. The zero-order chi connectivity index (χ0) is 18.5. The monoisotopic (exact) mass is 372 g/mol. The van der Waals surface area contributed by atoms with Gasteiger partial charge in [0.2, 0.25) is 5.91 Å². The van der Waals surface area contributed by atoms with Gasteiger partial charge < -0.3 is 5.32 Å².